The summed E-state index contributed by atoms with van der Waals surface area (Å²) in [5.41, 5.74) is 6.83. The van der Waals surface area contributed by atoms with E-state index in [9.17, 15) is 0 Å². The van der Waals surface area contributed by atoms with Crippen molar-refractivity contribution in [2.24, 2.45) is 0 Å². The average Bonchev–Trinajstić information content (AvgIpc) is 3.03. The van der Waals surface area contributed by atoms with Crippen molar-refractivity contribution in [2.75, 3.05) is 17.7 Å². The Kier molecular flexibility index (Phi) is 4.31. The van der Waals surface area contributed by atoms with E-state index in [1.165, 1.54) is 11.1 Å². The van der Waals surface area contributed by atoms with Crippen molar-refractivity contribution in [2.45, 2.75) is 32.7 Å². The molecule has 0 radical (unpaired) electrons. The van der Waals surface area contributed by atoms with Gasteiger partial charge in [-0.3, -0.25) is 0 Å². The number of benzene rings is 3. The van der Waals surface area contributed by atoms with E-state index in [-0.39, 0.29) is 5.41 Å². The van der Waals surface area contributed by atoms with Crippen LogP contribution in [0.4, 0.5) is 11.4 Å². The first kappa shape index (κ1) is 17.5. The first-order valence-electron chi connectivity index (χ1n) is 9.41. The lowest BCUT2D eigenvalue weighted by molar-refractivity contribution is 0.590. The fraction of sp³-hybridized carbons (Fsp3) is 0.250. The first-order valence-corrected chi connectivity index (χ1v) is 9.41. The summed E-state index contributed by atoms with van der Waals surface area (Å²) in [5, 5.41) is 9.00. The number of nitrogens with one attached hydrogen (secondary N) is 2. The molecule has 27 heavy (non-hydrogen) atoms. The van der Waals surface area contributed by atoms with Crippen molar-refractivity contribution in [1.29, 1.82) is 0 Å². The first-order chi connectivity index (χ1) is 12.9. The standard InChI is InChI=1S/C24H26N2O/c1-24(2,3)17-7-5-16(6-8-17)15-26-19-10-12-23-21(14-19)20-13-18(25-4)9-11-22(20)27-23/h5-14,25-26H,15H2,1-4H3. The molecule has 2 N–H and O–H groups in total. The van der Waals surface area contributed by atoms with Gasteiger partial charge < -0.3 is 15.1 Å². The Labute approximate surface area is 160 Å². The molecule has 1 heterocycles. The maximum Gasteiger partial charge on any atom is 0.135 e. The minimum atomic E-state index is 0.186. The molecule has 0 saturated carbocycles. The highest BCUT2D eigenvalue weighted by atomic mass is 16.3. The number of rotatable bonds is 4. The van der Waals surface area contributed by atoms with Gasteiger partial charge in [0.2, 0.25) is 0 Å². The van der Waals surface area contributed by atoms with E-state index in [2.05, 4.69) is 73.9 Å². The van der Waals surface area contributed by atoms with E-state index < -0.39 is 0 Å². The van der Waals surface area contributed by atoms with Crippen LogP contribution in [0.2, 0.25) is 0 Å². The molecule has 138 valence electrons. The van der Waals surface area contributed by atoms with Gasteiger partial charge in [0.15, 0.2) is 0 Å². The second-order valence-electron chi connectivity index (χ2n) is 8.07. The van der Waals surface area contributed by atoms with Crippen molar-refractivity contribution >= 4 is 33.3 Å². The van der Waals surface area contributed by atoms with Gasteiger partial charge in [0.05, 0.1) is 0 Å². The van der Waals surface area contributed by atoms with Crippen LogP contribution in [-0.4, -0.2) is 7.05 Å². The molecular formula is C24H26N2O. The van der Waals surface area contributed by atoms with Crippen molar-refractivity contribution in [1.82, 2.24) is 0 Å². The molecule has 3 nitrogen and oxygen atoms in total. The highest BCUT2D eigenvalue weighted by Gasteiger charge is 2.13. The molecule has 0 aliphatic heterocycles. The number of hydrogen-bond donors (Lipinski definition) is 2. The Bertz CT molecular complexity index is 1090. The predicted molar refractivity (Wildman–Crippen MR) is 116 cm³/mol. The monoisotopic (exact) mass is 358 g/mol. The Hall–Kier alpha value is -2.94. The molecule has 0 amide bonds. The van der Waals surface area contributed by atoms with E-state index in [4.69, 9.17) is 4.42 Å². The Balaban J connectivity index is 1.58. The molecule has 0 aliphatic rings. The molecule has 0 atom stereocenters. The molecule has 1 aromatic heterocycles. The second kappa shape index (κ2) is 6.66. The van der Waals surface area contributed by atoms with Gasteiger partial charge in [0, 0.05) is 35.7 Å². The Morgan fingerprint density at radius 2 is 1.37 bits per heavy atom. The minimum Gasteiger partial charge on any atom is -0.456 e. The smallest absolute Gasteiger partial charge is 0.135 e. The highest BCUT2D eigenvalue weighted by molar-refractivity contribution is 6.07. The lowest BCUT2D eigenvalue weighted by Crippen LogP contribution is -2.11. The van der Waals surface area contributed by atoms with Crippen LogP contribution >= 0.6 is 0 Å². The number of fused-ring (bicyclic) bond motifs is 3. The quantitative estimate of drug-likeness (QED) is 0.435. The molecule has 0 saturated heterocycles. The molecule has 0 unspecified atom stereocenters. The fourth-order valence-electron chi connectivity index (χ4n) is 3.37. The van der Waals surface area contributed by atoms with Crippen molar-refractivity contribution in [3.63, 3.8) is 0 Å². The van der Waals surface area contributed by atoms with Gasteiger partial charge in [0.1, 0.15) is 11.2 Å². The topological polar surface area (TPSA) is 37.2 Å². The van der Waals surface area contributed by atoms with Gasteiger partial charge in [-0.05, 0) is 52.9 Å². The summed E-state index contributed by atoms with van der Waals surface area (Å²) < 4.78 is 5.96. The number of hydrogen-bond acceptors (Lipinski definition) is 3. The van der Waals surface area contributed by atoms with Crippen LogP contribution in [0, 0.1) is 0 Å². The van der Waals surface area contributed by atoms with Gasteiger partial charge in [-0.1, -0.05) is 45.0 Å². The molecule has 0 aliphatic carbocycles. The van der Waals surface area contributed by atoms with Crippen molar-refractivity contribution in [3.8, 4) is 0 Å². The van der Waals surface area contributed by atoms with Gasteiger partial charge in [0.25, 0.3) is 0 Å². The summed E-state index contributed by atoms with van der Waals surface area (Å²) in [6.45, 7) is 7.52. The van der Waals surface area contributed by atoms with Crippen LogP contribution in [-0.2, 0) is 12.0 Å². The second-order valence-corrected chi connectivity index (χ2v) is 8.07. The molecule has 0 bridgehead atoms. The Morgan fingerprint density at radius 3 is 1.96 bits per heavy atom. The molecule has 4 aromatic rings. The SMILES string of the molecule is CNc1ccc2oc3ccc(NCc4ccc(C(C)(C)C)cc4)cc3c2c1. The average molecular weight is 358 g/mol. The summed E-state index contributed by atoms with van der Waals surface area (Å²) in [5.74, 6) is 0. The van der Waals surface area contributed by atoms with Crippen molar-refractivity contribution < 1.29 is 4.42 Å². The van der Waals surface area contributed by atoms with Crippen LogP contribution in [0.5, 0.6) is 0 Å². The zero-order valence-corrected chi connectivity index (χ0v) is 16.4. The predicted octanol–water partition coefficient (Wildman–Crippen LogP) is 6.54. The van der Waals surface area contributed by atoms with Gasteiger partial charge in [-0.15, -0.1) is 0 Å². The molecule has 0 spiro atoms. The molecule has 4 rings (SSSR count). The summed E-state index contributed by atoms with van der Waals surface area (Å²) in [7, 11) is 1.93. The lowest BCUT2D eigenvalue weighted by Gasteiger charge is -2.19. The van der Waals surface area contributed by atoms with E-state index in [0.717, 1.165) is 39.9 Å². The minimum absolute atomic E-state index is 0.186. The maximum absolute atomic E-state index is 5.96. The summed E-state index contributed by atoms with van der Waals surface area (Å²) in [4.78, 5) is 0. The van der Waals surface area contributed by atoms with E-state index in [1.807, 2.05) is 25.2 Å². The third-order valence-corrected chi connectivity index (χ3v) is 5.07. The summed E-state index contributed by atoms with van der Waals surface area (Å²) in [6.07, 6.45) is 0. The molecule has 3 aromatic carbocycles. The molecular weight excluding hydrogens is 332 g/mol. The maximum atomic E-state index is 5.96. The van der Waals surface area contributed by atoms with Crippen molar-refractivity contribution in [3.05, 3.63) is 71.8 Å². The van der Waals surface area contributed by atoms with Crippen LogP contribution < -0.4 is 10.6 Å². The summed E-state index contributed by atoms with van der Waals surface area (Å²) in [6, 6.07) is 21.3. The normalized spacial score (nSPS) is 11.9. The lowest BCUT2D eigenvalue weighted by atomic mass is 9.87. The van der Waals surface area contributed by atoms with Gasteiger partial charge >= 0.3 is 0 Å². The van der Waals surface area contributed by atoms with Gasteiger partial charge in [-0.2, -0.15) is 0 Å². The molecule has 3 heteroatoms. The van der Waals surface area contributed by atoms with Crippen LogP contribution in [0.25, 0.3) is 21.9 Å². The third-order valence-electron chi connectivity index (χ3n) is 5.07. The third kappa shape index (κ3) is 3.50. The molecule has 0 fully saturated rings. The van der Waals surface area contributed by atoms with Gasteiger partial charge in [-0.25, -0.2) is 0 Å². The number of anilines is 2. The Morgan fingerprint density at radius 1 is 0.778 bits per heavy atom. The van der Waals surface area contributed by atoms with E-state index >= 15 is 0 Å². The van der Waals surface area contributed by atoms with Crippen LogP contribution in [0.15, 0.2) is 65.1 Å². The van der Waals surface area contributed by atoms with E-state index in [1.54, 1.807) is 0 Å². The number of furan rings is 1. The largest absolute Gasteiger partial charge is 0.456 e. The van der Waals surface area contributed by atoms with Crippen LogP contribution in [0.1, 0.15) is 31.9 Å². The zero-order chi connectivity index (χ0) is 19.0. The zero-order valence-electron chi connectivity index (χ0n) is 16.4. The van der Waals surface area contributed by atoms with Crippen LogP contribution in [0.3, 0.4) is 0 Å². The highest BCUT2D eigenvalue weighted by Crippen LogP contribution is 2.32. The van der Waals surface area contributed by atoms with E-state index in [0.29, 0.717) is 0 Å². The fourth-order valence-corrected chi connectivity index (χ4v) is 3.37. The summed E-state index contributed by atoms with van der Waals surface area (Å²) >= 11 is 0.